The Bertz CT molecular complexity index is 364. The second-order valence-electron chi connectivity index (χ2n) is 3.31. The molecule has 0 saturated heterocycles. The first-order valence-electron chi connectivity index (χ1n) is 4.76. The Morgan fingerprint density at radius 1 is 1.62 bits per heavy atom. The first-order chi connectivity index (χ1) is 7.47. The molecule has 1 aliphatic heterocycles. The molecule has 1 radical (unpaired) electrons. The van der Waals surface area contributed by atoms with Gasteiger partial charge in [0.25, 0.3) is 5.91 Å². The number of amides is 3. The fraction of sp³-hybridized carbons (Fsp3) is 0.444. The summed E-state index contributed by atoms with van der Waals surface area (Å²) in [5, 5.41) is 12.1. The minimum Gasteiger partial charge on any atom is -0.480 e. The molecule has 0 saturated carbocycles. The number of aliphatic carboxylic acids is 1. The topological polar surface area (TPSA) is 115 Å². The molecule has 0 aliphatic carbocycles. The molecule has 0 bridgehead atoms. The van der Waals surface area contributed by atoms with Gasteiger partial charge in [-0.15, -0.1) is 0 Å². The Morgan fingerprint density at radius 3 is 2.69 bits per heavy atom. The predicted molar refractivity (Wildman–Crippen MR) is 53.0 cm³/mol. The lowest BCUT2D eigenvalue weighted by molar-refractivity contribution is -0.142. The van der Waals surface area contributed by atoms with Crippen molar-refractivity contribution >= 4 is 17.9 Å². The number of rotatable bonds is 4. The summed E-state index contributed by atoms with van der Waals surface area (Å²) in [5.41, 5.74) is 5.45. The SMILES string of the molecule is CCCC(C(=O)O)N1C(=O)[N]C(=O)C=C1N. The molecule has 1 rings (SSSR count). The number of hydrogen-bond acceptors (Lipinski definition) is 4. The van der Waals surface area contributed by atoms with Crippen LogP contribution in [0.4, 0.5) is 4.79 Å². The van der Waals surface area contributed by atoms with Crippen LogP contribution in [0.5, 0.6) is 0 Å². The van der Waals surface area contributed by atoms with Gasteiger partial charge in [-0.2, -0.15) is 5.32 Å². The van der Waals surface area contributed by atoms with Crippen LogP contribution < -0.4 is 11.1 Å². The highest BCUT2D eigenvalue weighted by atomic mass is 16.4. The molecule has 1 aliphatic rings. The highest BCUT2D eigenvalue weighted by Gasteiger charge is 2.35. The molecular formula is C9H12N3O4. The van der Waals surface area contributed by atoms with Gasteiger partial charge in [-0.1, -0.05) is 13.3 Å². The number of urea groups is 1. The minimum absolute atomic E-state index is 0.175. The smallest absolute Gasteiger partial charge is 0.353 e. The van der Waals surface area contributed by atoms with Crippen LogP contribution in [0, 0.1) is 0 Å². The fourth-order valence-electron chi connectivity index (χ4n) is 1.44. The summed E-state index contributed by atoms with van der Waals surface area (Å²) in [6, 6.07) is -2.00. The number of nitrogens with zero attached hydrogens (tertiary/aromatic N) is 2. The lowest BCUT2D eigenvalue weighted by atomic mass is 10.1. The van der Waals surface area contributed by atoms with E-state index < -0.39 is 23.9 Å². The molecule has 87 valence electrons. The van der Waals surface area contributed by atoms with Gasteiger partial charge in [0, 0.05) is 6.08 Å². The Labute approximate surface area is 91.9 Å². The largest absolute Gasteiger partial charge is 0.480 e. The maximum Gasteiger partial charge on any atom is 0.353 e. The van der Waals surface area contributed by atoms with Crippen LogP contribution >= 0.6 is 0 Å². The molecule has 0 spiro atoms. The fourth-order valence-corrected chi connectivity index (χ4v) is 1.44. The van der Waals surface area contributed by atoms with Gasteiger partial charge < -0.3 is 10.8 Å². The highest BCUT2D eigenvalue weighted by Crippen LogP contribution is 2.15. The number of hydrogen-bond donors (Lipinski definition) is 2. The maximum atomic E-state index is 11.4. The number of carbonyl (C=O) groups is 3. The van der Waals surface area contributed by atoms with Crippen molar-refractivity contribution in [3.8, 4) is 0 Å². The number of imide groups is 1. The molecule has 0 aromatic heterocycles. The quantitative estimate of drug-likeness (QED) is 0.677. The summed E-state index contributed by atoms with van der Waals surface area (Å²) in [6.45, 7) is 1.78. The number of carboxylic acid groups (broad SMARTS) is 1. The van der Waals surface area contributed by atoms with Crippen LogP contribution in [0.1, 0.15) is 19.8 Å². The Kier molecular flexibility index (Phi) is 3.49. The molecule has 3 amide bonds. The van der Waals surface area contributed by atoms with Crippen molar-refractivity contribution in [1.29, 1.82) is 0 Å². The van der Waals surface area contributed by atoms with Gasteiger partial charge in [0.15, 0.2) is 0 Å². The molecule has 0 aromatic carbocycles. The third kappa shape index (κ3) is 2.30. The first kappa shape index (κ1) is 12.0. The third-order valence-electron chi connectivity index (χ3n) is 2.12. The van der Waals surface area contributed by atoms with Gasteiger partial charge in [0.1, 0.15) is 11.9 Å². The van der Waals surface area contributed by atoms with Crippen LogP contribution in [0.2, 0.25) is 0 Å². The third-order valence-corrected chi connectivity index (χ3v) is 2.12. The summed E-state index contributed by atoms with van der Waals surface area (Å²) >= 11 is 0. The summed E-state index contributed by atoms with van der Waals surface area (Å²) in [5.74, 6) is -2.11. The lowest BCUT2D eigenvalue weighted by Gasteiger charge is -2.29. The van der Waals surface area contributed by atoms with Gasteiger partial charge in [0.05, 0.1) is 0 Å². The Morgan fingerprint density at radius 2 is 2.25 bits per heavy atom. The molecule has 0 fully saturated rings. The zero-order valence-electron chi connectivity index (χ0n) is 8.71. The van der Waals surface area contributed by atoms with Crippen LogP contribution in [-0.2, 0) is 9.59 Å². The van der Waals surface area contributed by atoms with E-state index in [4.69, 9.17) is 10.8 Å². The molecule has 1 unspecified atom stereocenters. The standard InChI is InChI=1S/C9H12N3O4/c1-2-3-5(8(14)15)12-6(10)4-7(13)11-9(12)16/h4-5H,2-3,10H2,1H3,(H,14,15). The summed E-state index contributed by atoms with van der Waals surface area (Å²) < 4.78 is 0. The van der Waals surface area contributed by atoms with Gasteiger partial charge >= 0.3 is 12.0 Å². The van der Waals surface area contributed by atoms with E-state index in [1.807, 2.05) is 0 Å². The van der Waals surface area contributed by atoms with Crippen molar-refractivity contribution in [1.82, 2.24) is 10.2 Å². The number of carboxylic acids is 1. The minimum atomic E-state index is -1.17. The maximum absolute atomic E-state index is 11.4. The summed E-state index contributed by atoms with van der Waals surface area (Å²) in [6.07, 6.45) is 1.76. The molecular weight excluding hydrogens is 214 g/mol. The van der Waals surface area contributed by atoms with Crippen molar-refractivity contribution in [2.45, 2.75) is 25.8 Å². The second-order valence-corrected chi connectivity index (χ2v) is 3.31. The highest BCUT2D eigenvalue weighted by molar-refractivity contribution is 6.04. The zero-order chi connectivity index (χ0) is 12.3. The van der Waals surface area contributed by atoms with E-state index in [1.54, 1.807) is 6.92 Å². The van der Waals surface area contributed by atoms with Gasteiger partial charge in [0.2, 0.25) is 0 Å². The van der Waals surface area contributed by atoms with Crippen LogP contribution in [0.25, 0.3) is 0 Å². The molecule has 1 heterocycles. The van der Waals surface area contributed by atoms with E-state index in [0.717, 1.165) is 11.0 Å². The van der Waals surface area contributed by atoms with E-state index in [-0.39, 0.29) is 12.2 Å². The Hall–Kier alpha value is -2.05. The van der Waals surface area contributed by atoms with E-state index in [2.05, 4.69) is 5.32 Å². The zero-order valence-corrected chi connectivity index (χ0v) is 8.71. The van der Waals surface area contributed by atoms with Crippen LogP contribution in [0.15, 0.2) is 11.9 Å². The normalized spacial score (nSPS) is 17.8. The molecule has 7 nitrogen and oxygen atoms in total. The van der Waals surface area contributed by atoms with Gasteiger partial charge in [-0.25, -0.2) is 9.59 Å². The average molecular weight is 226 g/mol. The molecule has 0 aromatic rings. The first-order valence-corrected chi connectivity index (χ1v) is 4.76. The van der Waals surface area contributed by atoms with Crippen LogP contribution in [-0.4, -0.2) is 34.0 Å². The number of carbonyl (C=O) groups excluding carboxylic acids is 2. The molecule has 16 heavy (non-hydrogen) atoms. The predicted octanol–water partition coefficient (Wildman–Crippen LogP) is -0.394. The lowest BCUT2D eigenvalue weighted by Crippen LogP contribution is -2.52. The van der Waals surface area contributed by atoms with Crippen molar-refractivity contribution < 1.29 is 19.5 Å². The van der Waals surface area contributed by atoms with E-state index in [9.17, 15) is 14.4 Å². The van der Waals surface area contributed by atoms with Crippen molar-refractivity contribution in [2.24, 2.45) is 5.73 Å². The summed E-state index contributed by atoms with van der Waals surface area (Å²) in [7, 11) is 0. The van der Waals surface area contributed by atoms with Crippen molar-refractivity contribution in [2.75, 3.05) is 0 Å². The average Bonchev–Trinajstić information content (AvgIpc) is 2.14. The van der Waals surface area contributed by atoms with E-state index >= 15 is 0 Å². The number of nitrogens with two attached hydrogens (primary N) is 1. The second kappa shape index (κ2) is 4.65. The molecule has 1 atom stereocenters. The monoisotopic (exact) mass is 226 g/mol. The molecule has 7 heteroatoms. The van der Waals surface area contributed by atoms with Crippen molar-refractivity contribution in [3.63, 3.8) is 0 Å². The van der Waals surface area contributed by atoms with Gasteiger partial charge in [-0.05, 0) is 6.42 Å². The Balaban J connectivity index is 2.99. The van der Waals surface area contributed by atoms with E-state index in [1.165, 1.54) is 0 Å². The van der Waals surface area contributed by atoms with Crippen LogP contribution in [0.3, 0.4) is 0 Å². The van der Waals surface area contributed by atoms with E-state index in [0.29, 0.717) is 6.42 Å². The summed E-state index contributed by atoms with van der Waals surface area (Å²) in [4.78, 5) is 34.0. The van der Waals surface area contributed by atoms with Crippen molar-refractivity contribution in [3.05, 3.63) is 11.9 Å². The molecule has 3 N–H and O–H groups in total. The van der Waals surface area contributed by atoms with Gasteiger partial charge in [-0.3, -0.25) is 9.69 Å².